The maximum absolute atomic E-state index is 12.7. The summed E-state index contributed by atoms with van der Waals surface area (Å²) < 4.78 is 5.39. The van der Waals surface area contributed by atoms with Crippen LogP contribution in [0, 0.1) is 12.8 Å². The average Bonchev–Trinajstić information content (AvgIpc) is 2.96. The van der Waals surface area contributed by atoms with Gasteiger partial charge in [-0.25, -0.2) is 0 Å². The summed E-state index contributed by atoms with van der Waals surface area (Å²) in [5, 5.41) is 8.88. The van der Waals surface area contributed by atoms with Crippen LogP contribution in [0.4, 0.5) is 5.69 Å². The van der Waals surface area contributed by atoms with E-state index < -0.39 is 18.0 Å². The molecule has 7 nitrogen and oxygen atoms in total. The molecule has 0 unspecified atom stereocenters. The van der Waals surface area contributed by atoms with Crippen molar-refractivity contribution in [3.63, 3.8) is 0 Å². The van der Waals surface area contributed by atoms with Crippen LogP contribution in [0.1, 0.15) is 18.4 Å². The molecular weight excluding hydrogens is 324 g/mol. The average molecular weight is 346 g/mol. The molecule has 2 aliphatic heterocycles. The first-order valence-electron chi connectivity index (χ1n) is 8.46. The lowest BCUT2D eigenvalue weighted by Gasteiger charge is -2.33. The van der Waals surface area contributed by atoms with E-state index in [2.05, 4.69) is 0 Å². The van der Waals surface area contributed by atoms with E-state index in [1.54, 1.807) is 9.80 Å². The van der Waals surface area contributed by atoms with Crippen molar-refractivity contribution in [1.82, 2.24) is 4.90 Å². The van der Waals surface area contributed by atoms with Crippen LogP contribution in [-0.4, -0.2) is 60.1 Å². The van der Waals surface area contributed by atoms with E-state index in [-0.39, 0.29) is 24.8 Å². The molecule has 0 spiro atoms. The van der Waals surface area contributed by atoms with E-state index in [1.165, 1.54) is 0 Å². The van der Waals surface area contributed by atoms with Gasteiger partial charge in [0, 0.05) is 25.3 Å². The number of aliphatic carboxylic acids is 1. The number of carboxylic acids is 1. The maximum Gasteiger partial charge on any atom is 0.306 e. The third-order valence-corrected chi connectivity index (χ3v) is 4.70. The van der Waals surface area contributed by atoms with E-state index in [1.807, 2.05) is 31.2 Å². The molecular formula is C18H22N2O5. The lowest BCUT2D eigenvalue weighted by atomic mass is 10.1. The fourth-order valence-corrected chi connectivity index (χ4v) is 3.35. The van der Waals surface area contributed by atoms with E-state index in [4.69, 9.17) is 9.84 Å². The molecule has 1 N–H and O–H groups in total. The van der Waals surface area contributed by atoms with Gasteiger partial charge in [-0.1, -0.05) is 17.7 Å². The minimum Gasteiger partial charge on any atom is -0.481 e. The second-order valence-electron chi connectivity index (χ2n) is 6.54. The maximum atomic E-state index is 12.7. The first-order valence-corrected chi connectivity index (χ1v) is 8.46. The molecule has 2 atom stereocenters. The first-order chi connectivity index (χ1) is 12.0. The molecule has 2 amide bonds. The van der Waals surface area contributed by atoms with Crippen LogP contribution in [0.15, 0.2) is 24.3 Å². The first kappa shape index (κ1) is 17.4. The molecule has 2 fully saturated rings. The summed E-state index contributed by atoms with van der Waals surface area (Å²) in [7, 11) is 0. The number of benzene rings is 1. The summed E-state index contributed by atoms with van der Waals surface area (Å²) in [5.74, 6) is -2.06. The quantitative estimate of drug-likeness (QED) is 0.824. The number of aryl methyl sites for hydroxylation is 1. The standard InChI is InChI=1S/C18H22N2O5/c1-12-2-4-13(5-3-12)20-7-6-15(18(20)24)17(23)19-8-9-25-14(11-19)10-16(21)22/h2-5,14-15H,6-11H2,1H3,(H,21,22)/t14-,15+/m0/s1. The Morgan fingerprint density at radius 2 is 1.96 bits per heavy atom. The number of carbonyl (C=O) groups excluding carboxylic acids is 2. The van der Waals surface area contributed by atoms with Crippen LogP contribution < -0.4 is 4.90 Å². The Morgan fingerprint density at radius 1 is 1.24 bits per heavy atom. The van der Waals surface area contributed by atoms with Crippen LogP contribution in [-0.2, 0) is 19.1 Å². The van der Waals surface area contributed by atoms with Gasteiger partial charge in [-0.3, -0.25) is 14.4 Å². The van der Waals surface area contributed by atoms with E-state index >= 15 is 0 Å². The van der Waals surface area contributed by atoms with Gasteiger partial charge in [-0.15, -0.1) is 0 Å². The van der Waals surface area contributed by atoms with Gasteiger partial charge in [0.2, 0.25) is 11.8 Å². The van der Waals surface area contributed by atoms with Crippen LogP contribution in [0.5, 0.6) is 0 Å². The van der Waals surface area contributed by atoms with Crippen molar-refractivity contribution >= 4 is 23.5 Å². The lowest BCUT2D eigenvalue weighted by Crippen LogP contribution is -2.49. The molecule has 2 heterocycles. The molecule has 0 radical (unpaired) electrons. The molecule has 0 saturated carbocycles. The predicted octanol–water partition coefficient (Wildman–Crippen LogP) is 1.05. The molecule has 0 bridgehead atoms. The van der Waals surface area contributed by atoms with Crippen LogP contribution in [0.2, 0.25) is 0 Å². The van der Waals surface area contributed by atoms with Gasteiger partial charge in [-0.05, 0) is 25.5 Å². The van der Waals surface area contributed by atoms with Gasteiger partial charge in [0.15, 0.2) is 0 Å². The smallest absolute Gasteiger partial charge is 0.306 e. The van der Waals surface area contributed by atoms with Crippen molar-refractivity contribution in [2.75, 3.05) is 31.1 Å². The topological polar surface area (TPSA) is 87.2 Å². The van der Waals surface area contributed by atoms with Crippen molar-refractivity contribution in [2.45, 2.75) is 25.9 Å². The number of carbonyl (C=O) groups is 3. The third kappa shape index (κ3) is 3.82. The van der Waals surface area contributed by atoms with Gasteiger partial charge in [0.25, 0.3) is 0 Å². The molecule has 1 aromatic carbocycles. The number of nitrogens with zero attached hydrogens (tertiary/aromatic N) is 2. The zero-order valence-electron chi connectivity index (χ0n) is 14.2. The second kappa shape index (κ2) is 7.23. The van der Waals surface area contributed by atoms with Crippen molar-refractivity contribution in [3.8, 4) is 0 Å². The zero-order valence-corrected chi connectivity index (χ0v) is 14.2. The highest BCUT2D eigenvalue weighted by Crippen LogP contribution is 2.27. The monoisotopic (exact) mass is 346 g/mol. The Kier molecular flexibility index (Phi) is 5.03. The lowest BCUT2D eigenvalue weighted by molar-refractivity contribution is -0.151. The number of hydrogen-bond acceptors (Lipinski definition) is 4. The minimum atomic E-state index is -0.957. The van der Waals surface area contributed by atoms with E-state index in [0.29, 0.717) is 26.1 Å². The Bertz CT molecular complexity index is 673. The van der Waals surface area contributed by atoms with Crippen molar-refractivity contribution in [1.29, 1.82) is 0 Å². The Hall–Kier alpha value is -2.41. The highest BCUT2D eigenvalue weighted by Gasteiger charge is 2.40. The van der Waals surface area contributed by atoms with Crippen molar-refractivity contribution in [2.24, 2.45) is 5.92 Å². The van der Waals surface area contributed by atoms with Gasteiger partial charge >= 0.3 is 5.97 Å². The Balaban J connectivity index is 1.65. The molecule has 25 heavy (non-hydrogen) atoms. The summed E-state index contributed by atoms with van der Waals surface area (Å²) in [6, 6.07) is 7.65. The van der Waals surface area contributed by atoms with Gasteiger partial charge in [-0.2, -0.15) is 0 Å². The number of carboxylic acid groups (broad SMARTS) is 1. The Morgan fingerprint density at radius 3 is 2.64 bits per heavy atom. The third-order valence-electron chi connectivity index (χ3n) is 4.70. The van der Waals surface area contributed by atoms with E-state index in [0.717, 1.165) is 11.3 Å². The largest absolute Gasteiger partial charge is 0.481 e. The zero-order chi connectivity index (χ0) is 18.0. The van der Waals surface area contributed by atoms with Gasteiger partial charge < -0.3 is 19.6 Å². The molecule has 1 aromatic rings. The molecule has 2 saturated heterocycles. The molecule has 3 rings (SSSR count). The normalized spacial score (nSPS) is 23.8. The molecule has 2 aliphatic rings. The fraction of sp³-hybridized carbons (Fsp3) is 0.500. The van der Waals surface area contributed by atoms with Crippen molar-refractivity contribution in [3.05, 3.63) is 29.8 Å². The molecule has 0 aromatic heterocycles. The highest BCUT2D eigenvalue weighted by atomic mass is 16.5. The summed E-state index contributed by atoms with van der Waals surface area (Å²) >= 11 is 0. The summed E-state index contributed by atoms with van der Waals surface area (Å²) in [4.78, 5) is 39.5. The molecule has 134 valence electrons. The minimum absolute atomic E-state index is 0.141. The number of amides is 2. The van der Waals surface area contributed by atoms with E-state index in [9.17, 15) is 14.4 Å². The number of morpholine rings is 1. The second-order valence-corrected chi connectivity index (χ2v) is 6.54. The van der Waals surface area contributed by atoms with Crippen LogP contribution in [0.25, 0.3) is 0 Å². The number of anilines is 1. The predicted molar refractivity (Wildman–Crippen MR) is 90.2 cm³/mol. The van der Waals surface area contributed by atoms with Crippen LogP contribution in [0.3, 0.4) is 0 Å². The van der Waals surface area contributed by atoms with Gasteiger partial charge in [0.05, 0.1) is 19.1 Å². The SMILES string of the molecule is Cc1ccc(N2CC[C@H](C(=O)N3CCO[C@@H](CC(=O)O)C3)C2=O)cc1. The number of ether oxygens (including phenoxy) is 1. The number of rotatable bonds is 4. The summed E-state index contributed by atoms with van der Waals surface area (Å²) in [6.07, 6.45) is -0.176. The molecule has 7 heteroatoms. The van der Waals surface area contributed by atoms with Crippen molar-refractivity contribution < 1.29 is 24.2 Å². The highest BCUT2D eigenvalue weighted by molar-refractivity contribution is 6.09. The van der Waals surface area contributed by atoms with Crippen LogP contribution >= 0.6 is 0 Å². The number of hydrogen-bond donors (Lipinski definition) is 1. The van der Waals surface area contributed by atoms with Gasteiger partial charge in [0.1, 0.15) is 5.92 Å². The fourth-order valence-electron chi connectivity index (χ4n) is 3.35. The summed E-state index contributed by atoms with van der Waals surface area (Å²) in [5.41, 5.74) is 1.91. The summed E-state index contributed by atoms with van der Waals surface area (Å²) in [6.45, 7) is 3.41. The molecule has 0 aliphatic carbocycles. The Labute approximate surface area is 146 Å².